The molecule has 0 saturated carbocycles. The number of nitrogens with one attached hydrogen (secondary N) is 1. The number of para-hydroxylation sites is 2. The lowest BCUT2D eigenvalue weighted by Crippen LogP contribution is -2.50. The number of fused-ring (bicyclic) bond motifs is 1. The Hall–Kier alpha value is -3.02. The molecular formula is C20H22N2O4. The Morgan fingerprint density at radius 1 is 1.23 bits per heavy atom. The van der Waals surface area contributed by atoms with Crippen LogP contribution in [0.5, 0.6) is 11.5 Å². The highest BCUT2D eigenvalue weighted by Crippen LogP contribution is 2.33. The van der Waals surface area contributed by atoms with E-state index in [-0.39, 0.29) is 31.4 Å². The standard InChI is InChI=1S/C20H22N2O4/c1-14-6-5-7-15(12-14)25-11-10-19(23)22-13-18(20(24)21-2)26-17-9-4-3-8-16(17)22/h3-9,12,18H,10-11,13H2,1-2H3,(H,21,24)/t18-/m1/s1. The van der Waals surface area contributed by atoms with Crippen LogP contribution in [0.15, 0.2) is 48.5 Å². The Morgan fingerprint density at radius 3 is 2.81 bits per heavy atom. The van der Waals surface area contributed by atoms with Gasteiger partial charge in [0.15, 0.2) is 6.10 Å². The SMILES string of the molecule is CNC(=O)[C@H]1CN(C(=O)CCOc2cccc(C)c2)c2ccccc2O1. The van der Waals surface area contributed by atoms with Crippen LogP contribution in [-0.4, -0.2) is 38.1 Å². The summed E-state index contributed by atoms with van der Waals surface area (Å²) >= 11 is 0. The number of aryl methyl sites for hydroxylation is 1. The Morgan fingerprint density at radius 2 is 2.04 bits per heavy atom. The zero-order valence-corrected chi connectivity index (χ0v) is 14.9. The van der Waals surface area contributed by atoms with Crippen molar-refractivity contribution in [1.82, 2.24) is 5.32 Å². The molecule has 0 radical (unpaired) electrons. The van der Waals surface area contributed by atoms with Gasteiger partial charge in [-0.25, -0.2) is 0 Å². The molecule has 0 aliphatic carbocycles. The lowest BCUT2D eigenvalue weighted by atomic mass is 10.1. The van der Waals surface area contributed by atoms with Gasteiger partial charge in [-0.1, -0.05) is 24.3 Å². The van der Waals surface area contributed by atoms with Crippen molar-refractivity contribution in [2.45, 2.75) is 19.4 Å². The number of rotatable bonds is 5. The van der Waals surface area contributed by atoms with Crippen molar-refractivity contribution < 1.29 is 19.1 Å². The Bertz CT molecular complexity index is 806. The minimum atomic E-state index is -0.725. The van der Waals surface area contributed by atoms with Crippen molar-refractivity contribution in [2.24, 2.45) is 0 Å². The average Bonchev–Trinajstić information content (AvgIpc) is 2.66. The molecule has 0 aromatic heterocycles. The quantitative estimate of drug-likeness (QED) is 0.895. The van der Waals surface area contributed by atoms with E-state index < -0.39 is 6.10 Å². The first-order valence-corrected chi connectivity index (χ1v) is 8.55. The second-order valence-electron chi connectivity index (χ2n) is 6.11. The molecule has 3 rings (SSSR count). The molecule has 2 aromatic carbocycles. The van der Waals surface area contributed by atoms with Gasteiger partial charge in [0.25, 0.3) is 5.91 Å². The average molecular weight is 354 g/mol. The fourth-order valence-corrected chi connectivity index (χ4v) is 2.86. The summed E-state index contributed by atoms with van der Waals surface area (Å²) in [6, 6.07) is 14.9. The van der Waals surface area contributed by atoms with E-state index in [0.29, 0.717) is 11.4 Å². The smallest absolute Gasteiger partial charge is 0.262 e. The lowest BCUT2D eigenvalue weighted by molar-refractivity contribution is -0.128. The van der Waals surface area contributed by atoms with E-state index in [1.54, 1.807) is 18.0 Å². The van der Waals surface area contributed by atoms with Crippen LogP contribution in [0, 0.1) is 6.92 Å². The topological polar surface area (TPSA) is 67.9 Å². The highest BCUT2D eigenvalue weighted by molar-refractivity contribution is 5.97. The fraction of sp³-hybridized carbons (Fsp3) is 0.300. The van der Waals surface area contributed by atoms with Crippen molar-refractivity contribution in [3.05, 3.63) is 54.1 Å². The number of amides is 2. The van der Waals surface area contributed by atoms with Crippen LogP contribution in [0.4, 0.5) is 5.69 Å². The predicted octanol–water partition coefficient (Wildman–Crippen LogP) is 2.30. The molecule has 1 N–H and O–H groups in total. The van der Waals surface area contributed by atoms with Gasteiger partial charge in [-0.15, -0.1) is 0 Å². The second-order valence-corrected chi connectivity index (χ2v) is 6.11. The summed E-state index contributed by atoms with van der Waals surface area (Å²) in [5, 5.41) is 2.57. The van der Waals surface area contributed by atoms with Gasteiger partial charge in [-0.2, -0.15) is 0 Å². The maximum absolute atomic E-state index is 12.7. The van der Waals surface area contributed by atoms with Crippen molar-refractivity contribution in [1.29, 1.82) is 0 Å². The number of likely N-dealkylation sites (N-methyl/N-ethyl adjacent to an activating group) is 1. The first-order chi connectivity index (χ1) is 12.6. The first kappa shape index (κ1) is 17.8. The zero-order chi connectivity index (χ0) is 18.5. The van der Waals surface area contributed by atoms with E-state index in [2.05, 4.69) is 5.32 Å². The number of benzene rings is 2. The molecule has 26 heavy (non-hydrogen) atoms. The highest BCUT2D eigenvalue weighted by atomic mass is 16.5. The normalized spacial score (nSPS) is 15.6. The summed E-state index contributed by atoms with van der Waals surface area (Å²) in [7, 11) is 1.55. The number of anilines is 1. The lowest BCUT2D eigenvalue weighted by Gasteiger charge is -2.34. The van der Waals surface area contributed by atoms with Gasteiger partial charge in [0, 0.05) is 7.05 Å². The van der Waals surface area contributed by atoms with E-state index in [1.807, 2.05) is 49.4 Å². The van der Waals surface area contributed by atoms with Gasteiger partial charge >= 0.3 is 0 Å². The molecule has 6 heteroatoms. The van der Waals surface area contributed by atoms with E-state index in [1.165, 1.54) is 0 Å². The van der Waals surface area contributed by atoms with Crippen LogP contribution in [0.2, 0.25) is 0 Å². The summed E-state index contributed by atoms with van der Waals surface area (Å²) in [5.74, 6) is 0.902. The maximum Gasteiger partial charge on any atom is 0.262 e. The largest absolute Gasteiger partial charge is 0.493 e. The number of hydrogen-bond acceptors (Lipinski definition) is 4. The Kier molecular flexibility index (Phi) is 5.41. The van der Waals surface area contributed by atoms with Crippen LogP contribution in [0.3, 0.4) is 0 Å². The second kappa shape index (κ2) is 7.91. The summed E-state index contributed by atoms with van der Waals surface area (Å²) in [4.78, 5) is 26.3. The van der Waals surface area contributed by atoms with Crippen molar-refractivity contribution in [3.8, 4) is 11.5 Å². The monoisotopic (exact) mass is 354 g/mol. The molecule has 2 aromatic rings. The summed E-state index contributed by atoms with van der Waals surface area (Å²) in [5.41, 5.74) is 1.78. The van der Waals surface area contributed by atoms with E-state index in [4.69, 9.17) is 9.47 Å². The molecular weight excluding hydrogens is 332 g/mol. The Balaban J connectivity index is 1.68. The van der Waals surface area contributed by atoms with Gasteiger partial charge in [-0.05, 0) is 36.8 Å². The predicted molar refractivity (Wildman–Crippen MR) is 98.6 cm³/mol. The molecule has 0 bridgehead atoms. The molecule has 1 aliphatic heterocycles. The molecule has 6 nitrogen and oxygen atoms in total. The minimum Gasteiger partial charge on any atom is -0.493 e. The van der Waals surface area contributed by atoms with Crippen molar-refractivity contribution in [3.63, 3.8) is 0 Å². The van der Waals surface area contributed by atoms with Crippen LogP contribution in [0.25, 0.3) is 0 Å². The van der Waals surface area contributed by atoms with Gasteiger partial charge in [-0.3, -0.25) is 9.59 Å². The molecule has 136 valence electrons. The molecule has 0 unspecified atom stereocenters. The van der Waals surface area contributed by atoms with Crippen molar-refractivity contribution >= 4 is 17.5 Å². The third-order valence-corrected chi connectivity index (χ3v) is 4.19. The minimum absolute atomic E-state index is 0.109. The van der Waals surface area contributed by atoms with Crippen LogP contribution in [-0.2, 0) is 9.59 Å². The third kappa shape index (κ3) is 3.96. The van der Waals surface area contributed by atoms with E-state index >= 15 is 0 Å². The van der Waals surface area contributed by atoms with Crippen molar-refractivity contribution in [2.75, 3.05) is 25.1 Å². The number of hydrogen-bond donors (Lipinski definition) is 1. The zero-order valence-electron chi connectivity index (χ0n) is 14.9. The molecule has 1 aliphatic rings. The number of carbonyl (C=O) groups is 2. The fourth-order valence-electron chi connectivity index (χ4n) is 2.86. The maximum atomic E-state index is 12.7. The summed E-state index contributed by atoms with van der Waals surface area (Å²) < 4.78 is 11.4. The van der Waals surface area contributed by atoms with Gasteiger partial charge < -0.3 is 19.7 Å². The van der Waals surface area contributed by atoms with Crippen LogP contribution in [0.1, 0.15) is 12.0 Å². The van der Waals surface area contributed by atoms with Gasteiger partial charge in [0.05, 0.1) is 25.3 Å². The Labute approximate surface area is 152 Å². The molecule has 1 heterocycles. The summed E-state index contributed by atoms with van der Waals surface area (Å²) in [6.45, 7) is 2.44. The molecule has 2 amide bonds. The highest BCUT2D eigenvalue weighted by Gasteiger charge is 2.33. The van der Waals surface area contributed by atoms with E-state index in [9.17, 15) is 9.59 Å². The first-order valence-electron chi connectivity index (χ1n) is 8.55. The molecule has 0 saturated heterocycles. The summed E-state index contributed by atoms with van der Waals surface area (Å²) in [6.07, 6.45) is -0.514. The third-order valence-electron chi connectivity index (χ3n) is 4.19. The number of nitrogens with zero attached hydrogens (tertiary/aromatic N) is 1. The number of ether oxygens (including phenoxy) is 2. The van der Waals surface area contributed by atoms with Crippen LogP contribution >= 0.6 is 0 Å². The molecule has 0 spiro atoms. The number of carbonyl (C=O) groups excluding carboxylic acids is 2. The van der Waals surface area contributed by atoms with Gasteiger partial charge in [0.1, 0.15) is 11.5 Å². The van der Waals surface area contributed by atoms with Gasteiger partial charge in [0.2, 0.25) is 5.91 Å². The molecule has 1 atom stereocenters. The molecule has 0 fully saturated rings. The van der Waals surface area contributed by atoms with Crippen LogP contribution < -0.4 is 19.7 Å². The van der Waals surface area contributed by atoms with E-state index in [0.717, 1.165) is 11.3 Å².